The summed E-state index contributed by atoms with van der Waals surface area (Å²) >= 11 is 0. The number of hydrogen-bond donors (Lipinski definition) is 1. The van der Waals surface area contributed by atoms with E-state index in [4.69, 9.17) is 5.10 Å². The number of benzene rings is 3. The Morgan fingerprint density at radius 1 is 0.769 bits per heavy atom. The van der Waals surface area contributed by atoms with Crippen LogP contribution >= 0.6 is 0 Å². The van der Waals surface area contributed by atoms with Crippen LogP contribution in [0.15, 0.2) is 109 Å². The van der Waals surface area contributed by atoms with Crippen LogP contribution in [0.1, 0.15) is 17.2 Å². The number of nitrogens with one attached hydrogen (secondary N) is 1. The maximum absolute atomic E-state index is 5.02. The molecule has 0 saturated carbocycles. The van der Waals surface area contributed by atoms with E-state index < -0.39 is 0 Å². The molecule has 0 aliphatic carbocycles. The van der Waals surface area contributed by atoms with Crippen molar-refractivity contribution in [2.75, 3.05) is 5.32 Å². The number of aryl methyl sites for hydroxylation is 4. The van der Waals surface area contributed by atoms with Crippen LogP contribution in [-0.4, -0.2) is 29.5 Å². The van der Waals surface area contributed by atoms with Gasteiger partial charge in [0.2, 0.25) is 0 Å². The van der Waals surface area contributed by atoms with Crippen molar-refractivity contribution in [2.24, 2.45) is 0 Å². The summed E-state index contributed by atoms with van der Waals surface area (Å²) in [5.74, 6) is 2.37. The lowest BCUT2D eigenvalue weighted by molar-refractivity contribution is 0.617. The summed E-state index contributed by atoms with van der Waals surface area (Å²) in [6, 6.07) is 33.1. The average Bonchev–Trinajstić information content (AvgIpc) is 3.56. The monoisotopic (exact) mass is 511 g/mol. The predicted molar refractivity (Wildman–Crippen MR) is 155 cm³/mol. The van der Waals surface area contributed by atoms with Crippen molar-refractivity contribution in [1.82, 2.24) is 29.5 Å². The van der Waals surface area contributed by atoms with Crippen molar-refractivity contribution in [3.63, 3.8) is 0 Å². The molecule has 1 N–H and O–H groups in total. The first-order chi connectivity index (χ1) is 19.1. The molecule has 0 amide bonds. The second-order valence-electron chi connectivity index (χ2n) is 9.48. The minimum Gasteiger partial charge on any atom is -0.340 e. The molecule has 0 aliphatic rings. The van der Waals surface area contributed by atoms with E-state index in [2.05, 4.69) is 81.2 Å². The van der Waals surface area contributed by atoms with Gasteiger partial charge in [-0.1, -0.05) is 60.7 Å². The third-order valence-corrected chi connectivity index (χ3v) is 6.61. The van der Waals surface area contributed by atoms with Crippen LogP contribution in [-0.2, 0) is 13.0 Å². The number of aromatic nitrogens is 6. The van der Waals surface area contributed by atoms with Gasteiger partial charge in [0.1, 0.15) is 23.2 Å². The SMILES string of the molecule is Cc1nc(C)n(-c2ccc(Nc3cc(-c4nn(CCc5ccccc5)cc4-c4ccccc4)ccn3)cc2)n1. The van der Waals surface area contributed by atoms with Crippen molar-refractivity contribution in [3.8, 4) is 28.1 Å². The minimum atomic E-state index is 0.755. The number of hydrogen-bond acceptors (Lipinski definition) is 5. The second kappa shape index (κ2) is 10.8. The average molecular weight is 512 g/mol. The highest BCUT2D eigenvalue weighted by atomic mass is 15.3. The summed E-state index contributed by atoms with van der Waals surface area (Å²) in [6.07, 6.45) is 4.89. The van der Waals surface area contributed by atoms with Gasteiger partial charge in [-0.25, -0.2) is 14.6 Å². The van der Waals surface area contributed by atoms with Gasteiger partial charge in [-0.05, 0) is 67.8 Å². The Balaban J connectivity index is 1.27. The fourth-order valence-electron chi connectivity index (χ4n) is 4.71. The molecule has 7 heteroatoms. The number of pyridine rings is 1. The lowest BCUT2D eigenvalue weighted by Gasteiger charge is -2.09. The molecule has 192 valence electrons. The van der Waals surface area contributed by atoms with Crippen LogP contribution in [0.2, 0.25) is 0 Å². The summed E-state index contributed by atoms with van der Waals surface area (Å²) in [4.78, 5) is 8.96. The standard InChI is InChI=1S/C32H29N7/c1-23-34-24(2)39(36-23)29-15-13-28(14-16-29)35-31-21-27(17-19-33-31)32-30(26-11-7-4-8-12-26)22-38(37-32)20-18-25-9-5-3-6-10-25/h3-17,19,21-22H,18,20H2,1-2H3,(H,33,35). The highest BCUT2D eigenvalue weighted by Gasteiger charge is 2.14. The summed E-state index contributed by atoms with van der Waals surface area (Å²) in [7, 11) is 0. The van der Waals surface area contributed by atoms with E-state index in [1.165, 1.54) is 5.56 Å². The zero-order valence-electron chi connectivity index (χ0n) is 22.0. The van der Waals surface area contributed by atoms with Crippen LogP contribution in [0.25, 0.3) is 28.1 Å². The first-order valence-electron chi connectivity index (χ1n) is 13.0. The molecule has 0 unspecified atom stereocenters. The molecule has 0 saturated heterocycles. The van der Waals surface area contributed by atoms with Gasteiger partial charge >= 0.3 is 0 Å². The Labute approximate surface area is 227 Å². The molecular formula is C32H29N7. The van der Waals surface area contributed by atoms with E-state index in [0.717, 1.165) is 64.2 Å². The molecule has 6 rings (SSSR count). The lowest BCUT2D eigenvalue weighted by atomic mass is 10.0. The van der Waals surface area contributed by atoms with E-state index in [-0.39, 0.29) is 0 Å². The molecule has 3 heterocycles. The van der Waals surface area contributed by atoms with E-state index in [1.807, 2.05) is 71.9 Å². The van der Waals surface area contributed by atoms with E-state index in [0.29, 0.717) is 0 Å². The number of rotatable bonds is 8. The van der Waals surface area contributed by atoms with Crippen molar-refractivity contribution >= 4 is 11.5 Å². The van der Waals surface area contributed by atoms with E-state index in [9.17, 15) is 0 Å². The third kappa shape index (κ3) is 5.48. The quantitative estimate of drug-likeness (QED) is 0.243. The number of nitrogens with zero attached hydrogens (tertiary/aromatic N) is 6. The van der Waals surface area contributed by atoms with Crippen LogP contribution in [0.3, 0.4) is 0 Å². The zero-order valence-corrected chi connectivity index (χ0v) is 22.0. The normalized spacial score (nSPS) is 11.0. The summed E-state index contributed by atoms with van der Waals surface area (Å²) in [6.45, 7) is 4.65. The van der Waals surface area contributed by atoms with Gasteiger partial charge in [-0.2, -0.15) is 10.2 Å². The van der Waals surface area contributed by atoms with Crippen LogP contribution in [0.5, 0.6) is 0 Å². The Hall–Kier alpha value is -5.04. The second-order valence-corrected chi connectivity index (χ2v) is 9.48. The molecule has 7 nitrogen and oxygen atoms in total. The largest absolute Gasteiger partial charge is 0.340 e. The molecule has 0 radical (unpaired) electrons. The highest BCUT2D eigenvalue weighted by molar-refractivity contribution is 5.81. The number of anilines is 2. The molecule has 0 atom stereocenters. The molecule has 0 fully saturated rings. The molecule has 0 aliphatic heterocycles. The maximum Gasteiger partial charge on any atom is 0.148 e. The first kappa shape index (κ1) is 24.3. The third-order valence-electron chi connectivity index (χ3n) is 6.61. The van der Waals surface area contributed by atoms with Crippen LogP contribution in [0.4, 0.5) is 11.5 Å². The van der Waals surface area contributed by atoms with Crippen molar-refractivity contribution in [3.05, 3.63) is 127 Å². The molecule has 0 spiro atoms. The molecule has 6 aromatic rings. The highest BCUT2D eigenvalue weighted by Crippen LogP contribution is 2.32. The van der Waals surface area contributed by atoms with Gasteiger partial charge in [0.15, 0.2) is 0 Å². The fraction of sp³-hybridized carbons (Fsp3) is 0.125. The van der Waals surface area contributed by atoms with Crippen molar-refractivity contribution < 1.29 is 0 Å². The molecule has 39 heavy (non-hydrogen) atoms. The van der Waals surface area contributed by atoms with Gasteiger partial charge < -0.3 is 5.32 Å². The Morgan fingerprint density at radius 2 is 1.51 bits per heavy atom. The molecule has 3 aromatic heterocycles. The maximum atomic E-state index is 5.02. The Kier molecular flexibility index (Phi) is 6.70. The smallest absolute Gasteiger partial charge is 0.148 e. The van der Waals surface area contributed by atoms with Crippen molar-refractivity contribution in [2.45, 2.75) is 26.8 Å². The topological polar surface area (TPSA) is 73.5 Å². The Morgan fingerprint density at radius 3 is 2.23 bits per heavy atom. The summed E-state index contributed by atoms with van der Waals surface area (Å²) in [5.41, 5.74) is 7.39. The Bertz CT molecular complexity index is 1680. The van der Waals surface area contributed by atoms with Crippen LogP contribution < -0.4 is 5.32 Å². The van der Waals surface area contributed by atoms with Gasteiger partial charge in [0, 0.05) is 35.8 Å². The van der Waals surface area contributed by atoms with Gasteiger partial charge in [-0.15, -0.1) is 0 Å². The van der Waals surface area contributed by atoms with Gasteiger partial charge in [0.05, 0.1) is 5.69 Å². The van der Waals surface area contributed by atoms with Gasteiger partial charge in [0.25, 0.3) is 0 Å². The fourth-order valence-corrected chi connectivity index (χ4v) is 4.71. The molecular weight excluding hydrogens is 482 g/mol. The molecule has 0 bridgehead atoms. The first-order valence-corrected chi connectivity index (χ1v) is 13.0. The summed E-state index contributed by atoms with van der Waals surface area (Å²) < 4.78 is 3.89. The molecule has 3 aromatic carbocycles. The lowest BCUT2D eigenvalue weighted by Crippen LogP contribution is -2.02. The van der Waals surface area contributed by atoms with Gasteiger partial charge in [-0.3, -0.25) is 4.68 Å². The minimum absolute atomic E-state index is 0.755. The van der Waals surface area contributed by atoms with E-state index >= 15 is 0 Å². The van der Waals surface area contributed by atoms with E-state index in [1.54, 1.807) is 0 Å². The zero-order chi connectivity index (χ0) is 26.6. The van der Waals surface area contributed by atoms with Crippen molar-refractivity contribution in [1.29, 1.82) is 0 Å². The van der Waals surface area contributed by atoms with Crippen LogP contribution in [0, 0.1) is 13.8 Å². The summed E-state index contributed by atoms with van der Waals surface area (Å²) in [5, 5.41) is 12.9. The predicted octanol–water partition coefficient (Wildman–Crippen LogP) is 6.80.